The predicted octanol–water partition coefficient (Wildman–Crippen LogP) is 4.41. The highest BCUT2D eigenvalue weighted by atomic mass is 16.5. The fraction of sp³-hybridized carbons (Fsp3) is 0.636. The molecule has 1 aliphatic heterocycles. The molecule has 2 aliphatic rings. The molecule has 1 aromatic carbocycles. The fourth-order valence-corrected chi connectivity index (χ4v) is 4.32. The summed E-state index contributed by atoms with van der Waals surface area (Å²) in [5.41, 5.74) is 2.49. The van der Waals surface area contributed by atoms with Gasteiger partial charge in [0.1, 0.15) is 11.9 Å². The Balaban J connectivity index is 1.36. The van der Waals surface area contributed by atoms with Crippen LogP contribution in [0.5, 0.6) is 5.75 Å². The first-order valence-corrected chi connectivity index (χ1v) is 10.5. The van der Waals surface area contributed by atoms with Crippen molar-refractivity contribution in [2.24, 2.45) is 0 Å². The molecule has 0 unspecified atom stereocenters. The third-order valence-electron chi connectivity index (χ3n) is 6.31. The van der Waals surface area contributed by atoms with E-state index in [4.69, 9.17) is 4.74 Å². The molecule has 1 aromatic heterocycles. The van der Waals surface area contributed by atoms with Crippen LogP contribution in [0.25, 0.3) is 10.9 Å². The van der Waals surface area contributed by atoms with Crippen LogP contribution in [0.4, 0.5) is 0 Å². The van der Waals surface area contributed by atoms with Gasteiger partial charge < -0.3 is 14.6 Å². The number of H-pyrrole nitrogens is 1. The molecule has 0 amide bonds. The molecule has 0 atom stereocenters. The van der Waals surface area contributed by atoms with Crippen molar-refractivity contribution in [2.45, 2.75) is 64.6 Å². The zero-order valence-corrected chi connectivity index (χ0v) is 16.3. The summed E-state index contributed by atoms with van der Waals surface area (Å²) < 4.78 is 6.32. The highest BCUT2D eigenvalue weighted by Gasteiger charge is 2.29. The Morgan fingerprint density at radius 2 is 1.85 bits per heavy atom. The van der Waals surface area contributed by atoms with Crippen molar-refractivity contribution in [3.63, 3.8) is 0 Å². The Labute approximate surface area is 157 Å². The number of aromatic amines is 1. The van der Waals surface area contributed by atoms with Crippen LogP contribution in [-0.2, 0) is 6.54 Å². The largest absolute Gasteiger partial charge is 0.490 e. The number of hydrogen-bond acceptors (Lipinski definition) is 3. The van der Waals surface area contributed by atoms with Crippen molar-refractivity contribution in [3.05, 3.63) is 30.0 Å². The van der Waals surface area contributed by atoms with Gasteiger partial charge in [0, 0.05) is 42.3 Å². The minimum atomic E-state index is 0.373. The maximum absolute atomic E-state index is 6.32. The minimum Gasteiger partial charge on any atom is -0.490 e. The van der Waals surface area contributed by atoms with E-state index in [1.165, 1.54) is 48.9 Å². The van der Waals surface area contributed by atoms with Crippen LogP contribution >= 0.6 is 0 Å². The molecule has 0 spiro atoms. The van der Waals surface area contributed by atoms with Crippen LogP contribution in [0.2, 0.25) is 0 Å². The molecular weight excluding hydrogens is 322 g/mol. The van der Waals surface area contributed by atoms with Gasteiger partial charge in [-0.15, -0.1) is 0 Å². The topological polar surface area (TPSA) is 31.5 Å². The van der Waals surface area contributed by atoms with Gasteiger partial charge in [0.15, 0.2) is 0 Å². The molecule has 26 heavy (non-hydrogen) atoms. The molecule has 4 nitrogen and oxygen atoms in total. The van der Waals surface area contributed by atoms with Crippen molar-refractivity contribution in [1.29, 1.82) is 0 Å². The van der Waals surface area contributed by atoms with Gasteiger partial charge in [0.25, 0.3) is 0 Å². The molecule has 4 heteroatoms. The van der Waals surface area contributed by atoms with E-state index < -0.39 is 0 Å². The number of nitrogens with zero attached hydrogens (tertiary/aromatic N) is 2. The van der Waals surface area contributed by atoms with Crippen LogP contribution in [0.15, 0.2) is 24.3 Å². The van der Waals surface area contributed by atoms with E-state index in [0.717, 1.165) is 44.3 Å². The summed E-state index contributed by atoms with van der Waals surface area (Å²) in [6.45, 7) is 9.99. The zero-order valence-electron chi connectivity index (χ0n) is 16.3. The van der Waals surface area contributed by atoms with E-state index >= 15 is 0 Å². The molecule has 2 fully saturated rings. The number of ether oxygens (including phenoxy) is 1. The third kappa shape index (κ3) is 3.91. The van der Waals surface area contributed by atoms with Gasteiger partial charge >= 0.3 is 0 Å². The van der Waals surface area contributed by atoms with Crippen LogP contribution in [0.3, 0.4) is 0 Å². The molecule has 2 aromatic rings. The minimum absolute atomic E-state index is 0.373. The van der Waals surface area contributed by atoms with Crippen LogP contribution in [0.1, 0.15) is 51.6 Å². The summed E-state index contributed by atoms with van der Waals surface area (Å²) in [5.74, 6) is 1.02. The van der Waals surface area contributed by atoms with Gasteiger partial charge in [-0.1, -0.05) is 20.3 Å². The Morgan fingerprint density at radius 1 is 1.08 bits per heavy atom. The highest BCUT2D eigenvalue weighted by Crippen LogP contribution is 2.29. The quantitative estimate of drug-likeness (QED) is 0.798. The van der Waals surface area contributed by atoms with Crippen molar-refractivity contribution in [1.82, 2.24) is 14.8 Å². The van der Waals surface area contributed by atoms with Crippen LogP contribution in [-0.4, -0.2) is 53.1 Å². The summed E-state index contributed by atoms with van der Waals surface area (Å²) >= 11 is 0. The molecule has 0 radical (unpaired) electrons. The van der Waals surface area contributed by atoms with Crippen LogP contribution in [0, 0.1) is 0 Å². The first-order chi connectivity index (χ1) is 12.7. The first kappa shape index (κ1) is 17.9. The Kier molecular flexibility index (Phi) is 5.51. The summed E-state index contributed by atoms with van der Waals surface area (Å²) in [4.78, 5) is 8.66. The highest BCUT2D eigenvalue weighted by molar-refractivity contribution is 5.81. The second kappa shape index (κ2) is 8.01. The van der Waals surface area contributed by atoms with Gasteiger partial charge in [0.05, 0.1) is 0 Å². The van der Waals surface area contributed by atoms with E-state index in [1.807, 2.05) is 0 Å². The van der Waals surface area contributed by atoms with E-state index in [1.54, 1.807) is 0 Å². The number of rotatable bonds is 7. The lowest BCUT2D eigenvalue weighted by atomic mass is 9.90. The van der Waals surface area contributed by atoms with Crippen molar-refractivity contribution in [3.8, 4) is 5.75 Å². The summed E-state index contributed by atoms with van der Waals surface area (Å²) in [7, 11) is 0. The second-order valence-electron chi connectivity index (χ2n) is 7.94. The number of aromatic nitrogens is 1. The van der Waals surface area contributed by atoms with Crippen molar-refractivity contribution in [2.75, 3.05) is 26.2 Å². The fourth-order valence-electron chi connectivity index (χ4n) is 4.32. The second-order valence-corrected chi connectivity index (χ2v) is 7.94. The summed E-state index contributed by atoms with van der Waals surface area (Å²) in [6.07, 6.45) is 6.94. The number of benzene rings is 1. The van der Waals surface area contributed by atoms with Gasteiger partial charge in [-0.3, -0.25) is 4.90 Å². The maximum Gasteiger partial charge on any atom is 0.120 e. The number of fused-ring (bicyclic) bond motifs is 1. The normalized spacial score (nSPS) is 20.0. The Bertz CT molecular complexity index is 709. The molecule has 0 bridgehead atoms. The lowest BCUT2D eigenvalue weighted by Crippen LogP contribution is -2.46. The smallest absolute Gasteiger partial charge is 0.120 e. The van der Waals surface area contributed by atoms with Gasteiger partial charge in [0.2, 0.25) is 0 Å². The van der Waals surface area contributed by atoms with E-state index in [9.17, 15) is 0 Å². The lowest BCUT2D eigenvalue weighted by Gasteiger charge is -2.41. The van der Waals surface area contributed by atoms with E-state index in [2.05, 4.69) is 52.9 Å². The zero-order chi connectivity index (χ0) is 17.9. The predicted molar refractivity (Wildman–Crippen MR) is 108 cm³/mol. The van der Waals surface area contributed by atoms with E-state index in [0.29, 0.717) is 6.10 Å². The van der Waals surface area contributed by atoms with Gasteiger partial charge in [-0.25, -0.2) is 0 Å². The molecule has 1 saturated heterocycles. The SMILES string of the molecule is CCN(CC)Cc1cc2cc(OC3CCN(C4CCC4)CC3)ccc2[nH]1. The molecular formula is C22H33N3O. The van der Waals surface area contributed by atoms with Crippen molar-refractivity contribution >= 4 is 10.9 Å². The lowest BCUT2D eigenvalue weighted by molar-refractivity contribution is 0.0494. The average Bonchev–Trinajstić information content (AvgIpc) is 3.01. The molecule has 1 saturated carbocycles. The summed E-state index contributed by atoms with van der Waals surface area (Å²) in [5, 5.41) is 1.26. The number of nitrogens with one attached hydrogen (secondary N) is 1. The molecule has 1 aliphatic carbocycles. The number of hydrogen-bond donors (Lipinski definition) is 1. The molecule has 1 N–H and O–H groups in total. The van der Waals surface area contributed by atoms with Gasteiger partial charge in [-0.2, -0.15) is 0 Å². The monoisotopic (exact) mass is 355 g/mol. The van der Waals surface area contributed by atoms with E-state index in [-0.39, 0.29) is 0 Å². The van der Waals surface area contributed by atoms with Gasteiger partial charge in [-0.05, 0) is 63.0 Å². The molecule has 4 rings (SSSR count). The number of piperidine rings is 1. The van der Waals surface area contributed by atoms with Crippen molar-refractivity contribution < 1.29 is 4.74 Å². The standard InChI is InChI=1S/C22H33N3O/c1-3-24(4-2)16-18-14-17-15-21(8-9-22(17)23-18)26-20-10-12-25(13-11-20)19-6-5-7-19/h8-9,14-15,19-20,23H,3-7,10-13,16H2,1-2H3. The Morgan fingerprint density at radius 3 is 2.50 bits per heavy atom. The summed E-state index contributed by atoms with van der Waals surface area (Å²) in [6, 6.07) is 9.64. The Hall–Kier alpha value is -1.52. The number of likely N-dealkylation sites (tertiary alicyclic amines) is 1. The average molecular weight is 356 g/mol. The maximum atomic E-state index is 6.32. The third-order valence-corrected chi connectivity index (χ3v) is 6.31. The molecule has 2 heterocycles. The molecule has 142 valence electrons. The first-order valence-electron chi connectivity index (χ1n) is 10.5. The van der Waals surface area contributed by atoms with Crippen LogP contribution < -0.4 is 4.74 Å².